The maximum absolute atomic E-state index is 14.7. The summed E-state index contributed by atoms with van der Waals surface area (Å²) in [5.74, 6) is -0.328. The first-order chi connectivity index (χ1) is 14.0. The zero-order chi connectivity index (χ0) is 21.0. The predicted octanol–water partition coefficient (Wildman–Crippen LogP) is 3.15. The molecule has 29 heavy (non-hydrogen) atoms. The number of aromatic nitrogens is 2. The van der Waals surface area contributed by atoms with Crippen molar-refractivity contribution in [2.24, 2.45) is 0 Å². The van der Waals surface area contributed by atoms with E-state index in [1.165, 1.54) is 36.5 Å². The van der Waals surface area contributed by atoms with Crippen LogP contribution in [0, 0.1) is 5.82 Å². The monoisotopic (exact) mass is 440 g/mol. The molecule has 0 aliphatic carbocycles. The molecule has 3 rings (SSSR count). The molecule has 1 aliphatic heterocycles. The van der Waals surface area contributed by atoms with Gasteiger partial charge in [-0.15, -0.1) is 0 Å². The molecule has 0 fully saturated rings. The highest BCUT2D eigenvalue weighted by molar-refractivity contribution is 7.98. The summed E-state index contributed by atoms with van der Waals surface area (Å²) in [7, 11) is 1.28. The van der Waals surface area contributed by atoms with Gasteiger partial charge in [-0.25, -0.2) is 19.0 Å². The van der Waals surface area contributed by atoms with E-state index < -0.39 is 29.9 Å². The Morgan fingerprint density at radius 3 is 3.03 bits per heavy atom. The molecule has 0 unspecified atom stereocenters. The maximum atomic E-state index is 14.7. The van der Waals surface area contributed by atoms with Gasteiger partial charge in [0.2, 0.25) is 0 Å². The summed E-state index contributed by atoms with van der Waals surface area (Å²) in [4.78, 5) is 34.0. The third-order valence-corrected chi connectivity index (χ3v) is 5.71. The number of fused-ring (bicyclic) bond motifs is 1. The number of ether oxygens (including phenoxy) is 1. The van der Waals surface area contributed by atoms with E-state index in [-0.39, 0.29) is 5.56 Å². The number of nitrogens with one attached hydrogen (secondary N) is 2. The van der Waals surface area contributed by atoms with Gasteiger partial charge in [-0.05, 0) is 36.6 Å². The number of esters is 1. The number of imidazole rings is 1. The van der Waals surface area contributed by atoms with E-state index in [4.69, 9.17) is 16.3 Å². The average Bonchev–Trinajstić information content (AvgIpc) is 3.20. The lowest BCUT2D eigenvalue weighted by molar-refractivity contribution is -0.142. The molecule has 7 nitrogen and oxygen atoms in total. The standard InChI is InChI=1S/C19H22ClFN4O3S/c1-28-18(26)15(6-8-29-2)24-19(27)25-7-5-14-16(23-10-22-14)17(25)12-9-11(20)3-4-13(12)21/h3-4,9-10,15,17H,5-8H2,1-2H3,(H,22,23)(H,24,27)/t15-,17-/m1/s1. The summed E-state index contributed by atoms with van der Waals surface area (Å²) >= 11 is 7.65. The zero-order valence-corrected chi connectivity index (χ0v) is 17.6. The number of rotatable bonds is 6. The van der Waals surface area contributed by atoms with Gasteiger partial charge in [-0.1, -0.05) is 11.6 Å². The fraction of sp³-hybridized carbons (Fsp3) is 0.421. The topological polar surface area (TPSA) is 87.3 Å². The van der Waals surface area contributed by atoms with E-state index in [1.54, 1.807) is 11.8 Å². The summed E-state index contributed by atoms with van der Waals surface area (Å²) in [6.45, 7) is 0.327. The second kappa shape index (κ2) is 9.49. The molecule has 1 aromatic heterocycles. The van der Waals surface area contributed by atoms with Crippen molar-refractivity contribution >= 4 is 35.4 Å². The van der Waals surface area contributed by atoms with Crippen LogP contribution in [0.2, 0.25) is 5.02 Å². The second-order valence-electron chi connectivity index (χ2n) is 6.58. The SMILES string of the molecule is COC(=O)[C@@H](CCSC)NC(=O)N1CCc2[nH]cnc2[C@H]1c1cc(Cl)ccc1F. The van der Waals surface area contributed by atoms with Gasteiger partial charge in [0.1, 0.15) is 17.9 Å². The van der Waals surface area contributed by atoms with Crippen LogP contribution in [0.15, 0.2) is 24.5 Å². The van der Waals surface area contributed by atoms with Crippen molar-refractivity contribution in [3.05, 3.63) is 52.3 Å². The number of hydrogen-bond donors (Lipinski definition) is 2. The molecule has 0 saturated carbocycles. The molecule has 1 aromatic carbocycles. The van der Waals surface area contributed by atoms with Crippen molar-refractivity contribution in [1.29, 1.82) is 0 Å². The van der Waals surface area contributed by atoms with Crippen molar-refractivity contribution in [2.45, 2.75) is 24.9 Å². The van der Waals surface area contributed by atoms with Crippen molar-refractivity contribution in [1.82, 2.24) is 20.2 Å². The van der Waals surface area contributed by atoms with Crippen molar-refractivity contribution in [2.75, 3.05) is 25.7 Å². The molecule has 1 aliphatic rings. The molecule has 0 spiro atoms. The molecular weight excluding hydrogens is 419 g/mol. The van der Waals surface area contributed by atoms with Crippen LogP contribution >= 0.6 is 23.4 Å². The summed E-state index contributed by atoms with van der Waals surface area (Å²) in [5.41, 5.74) is 1.65. The number of H-pyrrole nitrogens is 1. The van der Waals surface area contributed by atoms with Crippen LogP contribution in [0.1, 0.15) is 29.4 Å². The number of methoxy groups -OCH3 is 1. The predicted molar refractivity (Wildman–Crippen MR) is 110 cm³/mol. The number of urea groups is 1. The summed E-state index contributed by atoms with van der Waals surface area (Å²) in [6, 6.07) is 2.18. The van der Waals surface area contributed by atoms with E-state index in [0.29, 0.717) is 35.9 Å². The number of benzene rings is 1. The minimum atomic E-state index is -0.787. The highest BCUT2D eigenvalue weighted by Gasteiger charge is 2.37. The number of aromatic amines is 1. The minimum absolute atomic E-state index is 0.249. The Kier molecular flexibility index (Phi) is 7.02. The Hall–Kier alpha value is -2.26. The lowest BCUT2D eigenvalue weighted by Crippen LogP contribution is -2.51. The molecule has 2 aromatic rings. The maximum Gasteiger partial charge on any atom is 0.328 e. The number of carbonyl (C=O) groups excluding carboxylic acids is 2. The van der Waals surface area contributed by atoms with Gasteiger partial charge in [-0.3, -0.25) is 0 Å². The molecule has 0 radical (unpaired) electrons. The molecule has 0 saturated heterocycles. The molecule has 156 valence electrons. The Bertz CT molecular complexity index is 894. The van der Waals surface area contributed by atoms with Crippen LogP contribution in [0.3, 0.4) is 0 Å². The van der Waals surface area contributed by atoms with Gasteiger partial charge in [-0.2, -0.15) is 11.8 Å². The van der Waals surface area contributed by atoms with Crippen LogP contribution < -0.4 is 5.32 Å². The molecule has 10 heteroatoms. The Balaban J connectivity index is 1.93. The third kappa shape index (κ3) is 4.67. The van der Waals surface area contributed by atoms with Gasteiger partial charge >= 0.3 is 12.0 Å². The van der Waals surface area contributed by atoms with Crippen LogP contribution in [0.25, 0.3) is 0 Å². The first kappa shape index (κ1) is 21.4. The van der Waals surface area contributed by atoms with Gasteiger partial charge in [0, 0.05) is 29.2 Å². The summed E-state index contributed by atoms with van der Waals surface area (Å²) < 4.78 is 19.5. The zero-order valence-electron chi connectivity index (χ0n) is 16.1. The van der Waals surface area contributed by atoms with Crippen LogP contribution in [-0.2, 0) is 16.0 Å². The lowest BCUT2D eigenvalue weighted by Gasteiger charge is -2.36. The van der Waals surface area contributed by atoms with E-state index in [9.17, 15) is 14.0 Å². The number of carbonyl (C=O) groups is 2. The average molecular weight is 441 g/mol. The highest BCUT2D eigenvalue weighted by Crippen LogP contribution is 2.35. The number of thioether (sulfide) groups is 1. The molecule has 2 N–H and O–H groups in total. The van der Waals surface area contributed by atoms with E-state index in [0.717, 1.165) is 5.69 Å². The largest absolute Gasteiger partial charge is 0.467 e. The van der Waals surface area contributed by atoms with Gasteiger partial charge < -0.3 is 19.9 Å². The van der Waals surface area contributed by atoms with Gasteiger partial charge in [0.25, 0.3) is 0 Å². The third-order valence-electron chi connectivity index (χ3n) is 4.83. The first-order valence-electron chi connectivity index (χ1n) is 9.07. The Morgan fingerprint density at radius 1 is 1.52 bits per heavy atom. The lowest BCUT2D eigenvalue weighted by atomic mass is 9.95. The quantitative estimate of drug-likeness (QED) is 0.674. The number of halogens is 2. The molecule has 2 heterocycles. The van der Waals surface area contributed by atoms with Gasteiger partial charge in [0.15, 0.2) is 0 Å². The number of nitrogens with zero attached hydrogens (tertiary/aromatic N) is 2. The van der Waals surface area contributed by atoms with E-state index >= 15 is 0 Å². The molecule has 2 atom stereocenters. The smallest absolute Gasteiger partial charge is 0.328 e. The van der Waals surface area contributed by atoms with Crippen molar-refractivity contribution in [3.8, 4) is 0 Å². The van der Waals surface area contributed by atoms with Crippen LogP contribution in [0.4, 0.5) is 9.18 Å². The Morgan fingerprint density at radius 2 is 2.31 bits per heavy atom. The minimum Gasteiger partial charge on any atom is -0.467 e. The molecule has 2 amide bonds. The number of hydrogen-bond acceptors (Lipinski definition) is 5. The Labute approximate surface area is 177 Å². The van der Waals surface area contributed by atoms with Crippen LogP contribution in [-0.4, -0.2) is 58.6 Å². The highest BCUT2D eigenvalue weighted by atomic mass is 35.5. The first-order valence-corrected chi connectivity index (χ1v) is 10.8. The number of amides is 2. The fourth-order valence-corrected chi connectivity index (χ4v) is 4.05. The molecular formula is C19H22ClFN4O3S. The van der Waals surface area contributed by atoms with Crippen LogP contribution in [0.5, 0.6) is 0 Å². The van der Waals surface area contributed by atoms with E-state index in [2.05, 4.69) is 15.3 Å². The fourth-order valence-electron chi connectivity index (χ4n) is 3.39. The summed E-state index contributed by atoms with van der Waals surface area (Å²) in [5, 5.41) is 3.09. The van der Waals surface area contributed by atoms with Crippen molar-refractivity contribution < 1.29 is 18.7 Å². The summed E-state index contributed by atoms with van der Waals surface area (Å²) in [6.07, 6.45) is 4.40. The normalized spacial score (nSPS) is 16.8. The van der Waals surface area contributed by atoms with Gasteiger partial charge in [0.05, 0.1) is 19.1 Å². The molecule has 0 bridgehead atoms. The second-order valence-corrected chi connectivity index (χ2v) is 8.01. The van der Waals surface area contributed by atoms with Crippen molar-refractivity contribution in [3.63, 3.8) is 0 Å². The van der Waals surface area contributed by atoms with E-state index in [1.807, 2.05) is 6.26 Å².